The number of imidazole rings is 1. The average molecular weight is 296 g/mol. The smallest absolute Gasteiger partial charge is 0.211 e. The van der Waals surface area contributed by atoms with Crippen LogP contribution in [0, 0.1) is 0 Å². The normalized spacial score (nSPS) is 17.8. The van der Waals surface area contributed by atoms with Crippen LogP contribution in [-0.2, 0) is 17.1 Å². The zero-order valence-electron chi connectivity index (χ0n) is 11.4. The van der Waals surface area contributed by atoms with E-state index >= 15 is 0 Å². The van der Waals surface area contributed by atoms with Gasteiger partial charge in [-0.1, -0.05) is 0 Å². The highest BCUT2D eigenvalue weighted by atomic mass is 32.2. The molecule has 0 aliphatic carbocycles. The molecule has 3 rings (SSSR count). The van der Waals surface area contributed by atoms with E-state index < -0.39 is 10.0 Å². The Morgan fingerprint density at radius 2 is 1.80 bits per heavy atom. The van der Waals surface area contributed by atoms with Gasteiger partial charge < -0.3 is 9.47 Å². The Morgan fingerprint density at radius 1 is 1.10 bits per heavy atom. The van der Waals surface area contributed by atoms with Gasteiger partial charge in [0.1, 0.15) is 6.33 Å². The molecule has 0 amide bonds. The maximum Gasteiger partial charge on any atom is 0.211 e. The van der Waals surface area contributed by atoms with Crippen molar-refractivity contribution in [1.82, 2.24) is 23.8 Å². The van der Waals surface area contributed by atoms with Gasteiger partial charge in [0.2, 0.25) is 10.0 Å². The molecular weight excluding hydrogens is 280 g/mol. The van der Waals surface area contributed by atoms with Crippen LogP contribution in [0.25, 0.3) is 11.2 Å². The number of rotatable bonds is 2. The summed E-state index contributed by atoms with van der Waals surface area (Å²) in [5.74, 6) is 0.767. The summed E-state index contributed by atoms with van der Waals surface area (Å²) >= 11 is 0. The lowest BCUT2D eigenvalue weighted by Crippen LogP contribution is -2.48. The summed E-state index contributed by atoms with van der Waals surface area (Å²) in [7, 11) is -1.23. The molecule has 0 saturated carbocycles. The summed E-state index contributed by atoms with van der Waals surface area (Å²) in [6, 6.07) is 0. The van der Waals surface area contributed by atoms with Crippen molar-refractivity contribution in [2.24, 2.45) is 7.05 Å². The Labute approximate surface area is 117 Å². The molecule has 3 heterocycles. The van der Waals surface area contributed by atoms with Crippen LogP contribution in [0.1, 0.15) is 0 Å². The van der Waals surface area contributed by atoms with Crippen molar-refractivity contribution >= 4 is 27.0 Å². The van der Waals surface area contributed by atoms with Crippen molar-refractivity contribution in [3.05, 3.63) is 12.7 Å². The molecule has 0 aromatic carbocycles. The van der Waals surface area contributed by atoms with Crippen molar-refractivity contribution in [3.63, 3.8) is 0 Å². The maximum atomic E-state index is 11.5. The third-order valence-corrected chi connectivity index (χ3v) is 4.79. The zero-order chi connectivity index (χ0) is 14.3. The van der Waals surface area contributed by atoms with Gasteiger partial charge in [0.25, 0.3) is 0 Å². The van der Waals surface area contributed by atoms with Crippen LogP contribution in [-0.4, -0.2) is 64.7 Å². The van der Waals surface area contributed by atoms with E-state index in [1.54, 1.807) is 6.33 Å². The third kappa shape index (κ3) is 2.22. The van der Waals surface area contributed by atoms with Gasteiger partial charge in [-0.3, -0.25) is 0 Å². The molecule has 0 bridgehead atoms. The molecule has 108 valence electrons. The van der Waals surface area contributed by atoms with Gasteiger partial charge in [-0.25, -0.2) is 23.4 Å². The number of aromatic nitrogens is 4. The monoisotopic (exact) mass is 296 g/mol. The summed E-state index contributed by atoms with van der Waals surface area (Å²) < 4.78 is 26.3. The second-order valence-electron chi connectivity index (χ2n) is 4.87. The first-order chi connectivity index (χ1) is 9.47. The lowest BCUT2D eigenvalue weighted by Gasteiger charge is -2.33. The fourth-order valence-electron chi connectivity index (χ4n) is 2.40. The van der Waals surface area contributed by atoms with E-state index in [1.807, 2.05) is 11.6 Å². The first-order valence-electron chi connectivity index (χ1n) is 6.29. The standard InChI is InChI=1S/C11H16N6O2S/c1-15-8-14-9-10(15)12-7-13-11(9)16-3-5-17(6-4-16)20(2,18)19/h7-8H,3-6H2,1-2H3. The minimum atomic E-state index is -3.12. The van der Waals surface area contributed by atoms with E-state index in [9.17, 15) is 8.42 Å². The first kappa shape index (κ1) is 13.3. The third-order valence-electron chi connectivity index (χ3n) is 3.48. The minimum Gasteiger partial charge on any atom is -0.352 e. The molecule has 2 aromatic rings. The summed E-state index contributed by atoms with van der Waals surface area (Å²) in [4.78, 5) is 14.9. The highest BCUT2D eigenvalue weighted by Gasteiger charge is 2.25. The molecule has 1 aliphatic heterocycles. The maximum absolute atomic E-state index is 11.5. The highest BCUT2D eigenvalue weighted by molar-refractivity contribution is 7.88. The molecule has 8 nitrogen and oxygen atoms in total. The van der Waals surface area contributed by atoms with Gasteiger partial charge in [0.15, 0.2) is 17.0 Å². The van der Waals surface area contributed by atoms with Crippen LogP contribution in [0.3, 0.4) is 0 Å². The van der Waals surface area contributed by atoms with Crippen LogP contribution in [0.5, 0.6) is 0 Å². The zero-order valence-corrected chi connectivity index (χ0v) is 12.2. The van der Waals surface area contributed by atoms with Crippen molar-refractivity contribution in [3.8, 4) is 0 Å². The molecule has 9 heteroatoms. The number of anilines is 1. The van der Waals surface area contributed by atoms with Crippen LogP contribution in [0.4, 0.5) is 5.82 Å². The Morgan fingerprint density at radius 3 is 2.45 bits per heavy atom. The second-order valence-corrected chi connectivity index (χ2v) is 6.86. The van der Waals surface area contributed by atoms with Crippen LogP contribution < -0.4 is 4.90 Å². The fraction of sp³-hybridized carbons (Fsp3) is 0.545. The minimum absolute atomic E-state index is 0.469. The fourth-order valence-corrected chi connectivity index (χ4v) is 3.22. The van der Waals surface area contributed by atoms with Gasteiger partial charge in [-0.2, -0.15) is 4.31 Å². The number of hydrogen-bond donors (Lipinski definition) is 0. The number of fused-ring (bicyclic) bond motifs is 1. The van der Waals surface area contributed by atoms with Crippen molar-refractivity contribution < 1.29 is 8.42 Å². The number of piperazine rings is 1. The van der Waals surface area contributed by atoms with E-state index in [0.29, 0.717) is 26.2 Å². The molecule has 2 aromatic heterocycles. The Hall–Kier alpha value is -1.74. The van der Waals surface area contributed by atoms with Gasteiger partial charge in [0, 0.05) is 33.2 Å². The Kier molecular flexibility index (Phi) is 3.09. The number of nitrogens with zero attached hydrogens (tertiary/aromatic N) is 6. The van der Waals surface area contributed by atoms with Gasteiger partial charge in [-0.05, 0) is 0 Å². The molecular formula is C11H16N6O2S. The molecule has 0 spiro atoms. The lowest BCUT2D eigenvalue weighted by atomic mass is 10.3. The van der Waals surface area contributed by atoms with Gasteiger partial charge in [0.05, 0.1) is 12.6 Å². The molecule has 0 radical (unpaired) electrons. The van der Waals surface area contributed by atoms with Crippen LogP contribution in [0.15, 0.2) is 12.7 Å². The predicted octanol–water partition coefficient (Wildman–Crippen LogP) is -0.555. The quantitative estimate of drug-likeness (QED) is 0.739. The number of hydrogen-bond acceptors (Lipinski definition) is 6. The SMILES string of the molecule is Cn1cnc2c(N3CCN(S(C)(=O)=O)CC3)ncnc21. The largest absolute Gasteiger partial charge is 0.352 e. The first-order valence-corrected chi connectivity index (χ1v) is 8.14. The number of aryl methyl sites for hydroxylation is 1. The molecule has 1 fully saturated rings. The van der Waals surface area contributed by atoms with E-state index in [2.05, 4.69) is 19.9 Å². The summed E-state index contributed by atoms with van der Waals surface area (Å²) in [6.07, 6.45) is 4.46. The van der Waals surface area contributed by atoms with E-state index in [0.717, 1.165) is 17.0 Å². The Balaban J connectivity index is 1.87. The molecule has 0 unspecified atom stereocenters. The van der Waals surface area contributed by atoms with E-state index in [1.165, 1.54) is 16.9 Å². The molecule has 0 atom stereocenters. The molecule has 1 saturated heterocycles. The molecule has 1 aliphatic rings. The van der Waals surface area contributed by atoms with Crippen molar-refractivity contribution in [2.75, 3.05) is 37.3 Å². The summed E-state index contributed by atoms with van der Waals surface area (Å²) in [5.41, 5.74) is 1.53. The van der Waals surface area contributed by atoms with E-state index in [-0.39, 0.29) is 0 Å². The van der Waals surface area contributed by atoms with Gasteiger partial charge in [-0.15, -0.1) is 0 Å². The average Bonchev–Trinajstić information content (AvgIpc) is 2.80. The predicted molar refractivity (Wildman–Crippen MR) is 74.9 cm³/mol. The Bertz CT molecular complexity index is 732. The molecule has 0 N–H and O–H groups in total. The summed E-state index contributed by atoms with van der Waals surface area (Å²) in [5, 5.41) is 0. The lowest BCUT2D eigenvalue weighted by molar-refractivity contribution is 0.387. The highest BCUT2D eigenvalue weighted by Crippen LogP contribution is 2.22. The second kappa shape index (κ2) is 4.67. The topological polar surface area (TPSA) is 84.2 Å². The van der Waals surface area contributed by atoms with Crippen molar-refractivity contribution in [1.29, 1.82) is 0 Å². The van der Waals surface area contributed by atoms with Gasteiger partial charge >= 0.3 is 0 Å². The van der Waals surface area contributed by atoms with Crippen molar-refractivity contribution in [2.45, 2.75) is 0 Å². The van der Waals surface area contributed by atoms with E-state index in [4.69, 9.17) is 0 Å². The van der Waals surface area contributed by atoms with Crippen LogP contribution in [0.2, 0.25) is 0 Å². The number of sulfonamides is 1. The molecule has 20 heavy (non-hydrogen) atoms. The summed E-state index contributed by atoms with van der Waals surface area (Å²) in [6.45, 7) is 2.15. The van der Waals surface area contributed by atoms with Crippen LogP contribution >= 0.6 is 0 Å².